The van der Waals surface area contributed by atoms with E-state index in [0.717, 1.165) is 0 Å². The van der Waals surface area contributed by atoms with Crippen LogP contribution in [0.1, 0.15) is 33.7 Å². The summed E-state index contributed by atoms with van der Waals surface area (Å²) in [5.74, 6) is -0.392. The smallest absolute Gasteiger partial charge is 0.410 e. The summed E-state index contributed by atoms with van der Waals surface area (Å²) in [6, 6.07) is -0.260. The van der Waals surface area contributed by atoms with E-state index in [-0.39, 0.29) is 12.6 Å². The molecule has 21 heavy (non-hydrogen) atoms. The summed E-state index contributed by atoms with van der Waals surface area (Å²) in [7, 11) is 0. The first-order chi connectivity index (χ1) is 9.76. The van der Waals surface area contributed by atoms with Gasteiger partial charge in [0.2, 0.25) is 0 Å². The Balaban J connectivity index is 2.10. The first-order valence-electron chi connectivity index (χ1n) is 6.77. The molecule has 1 fully saturated rings. The summed E-state index contributed by atoms with van der Waals surface area (Å²) in [4.78, 5) is 24.9. The lowest BCUT2D eigenvalue weighted by atomic mass is 10.2. The first-order valence-corrected chi connectivity index (χ1v) is 6.77. The second-order valence-electron chi connectivity index (χ2n) is 5.98. The molecule has 1 aliphatic heterocycles. The molecular weight excluding hydrogens is 276 g/mol. The minimum atomic E-state index is -0.570. The van der Waals surface area contributed by atoms with Crippen LogP contribution in [0, 0.1) is 0 Å². The van der Waals surface area contributed by atoms with Gasteiger partial charge in [0.25, 0.3) is 0 Å². The lowest BCUT2D eigenvalue weighted by Gasteiger charge is -2.24. The van der Waals surface area contributed by atoms with Crippen LogP contribution in [0.2, 0.25) is 0 Å². The van der Waals surface area contributed by atoms with Gasteiger partial charge in [-0.3, -0.25) is 4.79 Å². The fourth-order valence-corrected chi connectivity index (χ4v) is 2.21. The molecule has 2 atom stereocenters. The molecule has 1 saturated heterocycles. The number of esters is 1. The normalized spacial score (nSPS) is 22.2. The van der Waals surface area contributed by atoms with E-state index < -0.39 is 23.8 Å². The molecule has 8 heteroatoms. The second-order valence-corrected chi connectivity index (χ2v) is 5.98. The van der Waals surface area contributed by atoms with Crippen LogP contribution >= 0.6 is 0 Å². The summed E-state index contributed by atoms with van der Waals surface area (Å²) in [5.41, 5.74) is -0.570. The van der Waals surface area contributed by atoms with Crippen LogP contribution in [0.4, 0.5) is 4.79 Å². The zero-order valence-corrected chi connectivity index (χ0v) is 12.6. The summed E-state index contributed by atoms with van der Waals surface area (Å²) >= 11 is 0. The molecular formula is C13H20N4O4. The molecule has 1 aromatic rings. The van der Waals surface area contributed by atoms with Crippen molar-refractivity contribution in [2.45, 2.75) is 45.4 Å². The number of ether oxygens (including phenoxy) is 2. The van der Waals surface area contributed by atoms with Gasteiger partial charge in [0.05, 0.1) is 19.3 Å². The van der Waals surface area contributed by atoms with E-state index in [1.165, 1.54) is 11.8 Å². The maximum atomic E-state index is 12.1. The molecule has 1 amide bonds. The fraction of sp³-hybridized carbons (Fsp3) is 0.692. The molecule has 1 aliphatic rings. The van der Waals surface area contributed by atoms with E-state index in [9.17, 15) is 9.59 Å². The average molecular weight is 296 g/mol. The Morgan fingerprint density at radius 2 is 2.00 bits per heavy atom. The highest BCUT2D eigenvalue weighted by Gasteiger charge is 2.40. The third-order valence-electron chi connectivity index (χ3n) is 2.99. The maximum Gasteiger partial charge on any atom is 0.410 e. The van der Waals surface area contributed by atoms with E-state index in [1.54, 1.807) is 37.8 Å². The Labute approximate surface area is 123 Å². The van der Waals surface area contributed by atoms with Crippen molar-refractivity contribution >= 4 is 12.1 Å². The Morgan fingerprint density at radius 3 is 2.52 bits per heavy atom. The third kappa shape index (κ3) is 3.93. The first kappa shape index (κ1) is 15.3. The quantitative estimate of drug-likeness (QED) is 0.757. The molecule has 0 aliphatic carbocycles. The number of carbonyl (C=O) groups is 2. The maximum absolute atomic E-state index is 12.1. The van der Waals surface area contributed by atoms with Crippen molar-refractivity contribution in [2.24, 2.45) is 0 Å². The van der Waals surface area contributed by atoms with Gasteiger partial charge in [-0.15, -0.1) is 5.10 Å². The molecule has 2 rings (SSSR count). The number of carbonyl (C=O) groups excluding carboxylic acids is 2. The van der Waals surface area contributed by atoms with Crippen LogP contribution in [0.3, 0.4) is 0 Å². The van der Waals surface area contributed by atoms with Crippen molar-refractivity contribution in [1.82, 2.24) is 19.9 Å². The molecule has 1 aromatic heterocycles. The third-order valence-corrected chi connectivity index (χ3v) is 2.99. The van der Waals surface area contributed by atoms with E-state index in [1.807, 2.05) is 0 Å². The van der Waals surface area contributed by atoms with Crippen molar-refractivity contribution in [1.29, 1.82) is 0 Å². The Bertz CT molecular complexity index is 509. The molecule has 116 valence electrons. The van der Waals surface area contributed by atoms with Crippen LogP contribution in [-0.2, 0) is 14.3 Å². The molecule has 0 spiro atoms. The lowest BCUT2D eigenvalue weighted by molar-refractivity contribution is -0.147. The number of likely N-dealkylation sites (tertiary alicyclic amines) is 1. The standard InChI is InChI=1S/C13H20N4O4/c1-9(18)20-11-8-16(12(19)21-13(2,3)4)7-10(11)17-6-5-14-15-17/h5-6,10-11H,7-8H2,1-4H3/t10-,11+/m0/s1. The van der Waals surface area contributed by atoms with Gasteiger partial charge < -0.3 is 14.4 Å². The van der Waals surface area contributed by atoms with Crippen LogP contribution in [0.15, 0.2) is 12.4 Å². The largest absolute Gasteiger partial charge is 0.458 e. The second kappa shape index (κ2) is 5.71. The van der Waals surface area contributed by atoms with Crippen LogP contribution < -0.4 is 0 Å². The number of amides is 1. The van der Waals surface area contributed by atoms with Gasteiger partial charge in [-0.1, -0.05) is 5.21 Å². The van der Waals surface area contributed by atoms with Gasteiger partial charge in [0, 0.05) is 13.1 Å². The number of nitrogens with zero attached hydrogens (tertiary/aromatic N) is 4. The molecule has 2 heterocycles. The minimum absolute atomic E-state index is 0.260. The van der Waals surface area contributed by atoms with E-state index in [4.69, 9.17) is 9.47 Å². The molecule has 0 radical (unpaired) electrons. The topological polar surface area (TPSA) is 86.5 Å². The van der Waals surface area contributed by atoms with Crippen molar-refractivity contribution in [3.8, 4) is 0 Å². The zero-order chi connectivity index (χ0) is 15.6. The van der Waals surface area contributed by atoms with Gasteiger partial charge >= 0.3 is 12.1 Å². The lowest BCUT2D eigenvalue weighted by Crippen LogP contribution is -2.36. The van der Waals surface area contributed by atoms with Gasteiger partial charge in [-0.2, -0.15) is 0 Å². The fourth-order valence-electron chi connectivity index (χ4n) is 2.21. The summed E-state index contributed by atoms with van der Waals surface area (Å²) in [6.07, 6.45) is 2.33. The van der Waals surface area contributed by atoms with Crippen molar-refractivity contribution in [3.05, 3.63) is 12.4 Å². The minimum Gasteiger partial charge on any atom is -0.458 e. The number of aromatic nitrogens is 3. The van der Waals surface area contributed by atoms with Crippen LogP contribution in [0.5, 0.6) is 0 Å². The van der Waals surface area contributed by atoms with Crippen molar-refractivity contribution in [2.75, 3.05) is 13.1 Å². The van der Waals surface area contributed by atoms with E-state index >= 15 is 0 Å². The van der Waals surface area contributed by atoms with Crippen molar-refractivity contribution < 1.29 is 19.1 Å². The zero-order valence-electron chi connectivity index (χ0n) is 12.6. The van der Waals surface area contributed by atoms with Gasteiger partial charge in [-0.05, 0) is 20.8 Å². The Hall–Kier alpha value is -2.12. The number of hydrogen-bond donors (Lipinski definition) is 0. The van der Waals surface area contributed by atoms with Gasteiger partial charge in [-0.25, -0.2) is 9.48 Å². The molecule has 0 bridgehead atoms. The average Bonchev–Trinajstić information content (AvgIpc) is 2.93. The van der Waals surface area contributed by atoms with E-state index in [2.05, 4.69) is 10.3 Å². The molecule has 0 saturated carbocycles. The highest BCUT2D eigenvalue weighted by Crippen LogP contribution is 2.25. The van der Waals surface area contributed by atoms with E-state index in [0.29, 0.717) is 6.54 Å². The monoisotopic (exact) mass is 296 g/mol. The summed E-state index contributed by atoms with van der Waals surface area (Å²) < 4.78 is 12.2. The molecule has 0 aromatic carbocycles. The predicted molar refractivity (Wildman–Crippen MR) is 72.4 cm³/mol. The molecule has 0 N–H and O–H groups in total. The summed E-state index contributed by atoms with van der Waals surface area (Å²) in [6.45, 7) is 7.39. The SMILES string of the molecule is CC(=O)O[C@@H]1CN(C(=O)OC(C)(C)C)C[C@@H]1n1ccnn1. The molecule has 8 nitrogen and oxygen atoms in total. The van der Waals surface area contributed by atoms with Gasteiger partial charge in [0.1, 0.15) is 17.7 Å². The highest BCUT2D eigenvalue weighted by atomic mass is 16.6. The summed E-state index contributed by atoms with van der Waals surface area (Å²) in [5, 5.41) is 7.67. The highest BCUT2D eigenvalue weighted by molar-refractivity contribution is 5.69. The van der Waals surface area contributed by atoms with Gasteiger partial charge in [0.15, 0.2) is 0 Å². The van der Waals surface area contributed by atoms with Crippen LogP contribution in [0.25, 0.3) is 0 Å². The number of hydrogen-bond acceptors (Lipinski definition) is 6. The van der Waals surface area contributed by atoms with Crippen molar-refractivity contribution in [3.63, 3.8) is 0 Å². The molecule has 0 unspecified atom stereocenters. The predicted octanol–water partition coefficient (Wildman–Crippen LogP) is 1.00. The van der Waals surface area contributed by atoms with Crippen LogP contribution in [-0.4, -0.2) is 56.8 Å². The Kier molecular flexibility index (Phi) is 4.15. The Morgan fingerprint density at radius 1 is 1.29 bits per heavy atom. The number of rotatable bonds is 2.